The van der Waals surface area contributed by atoms with E-state index in [4.69, 9.17) is 20.4 Å². The number of nitrogen functional groups attached to an aromatic ring is 1. The van der Waals surface area contributed by atoms with Gasteiger partial charge in [0.2, 0.25) is 5.91 Å². The molecule has 3 N–H and O–H groups in total. The molecular weight excluding hydrogens is 494 g/mol. The third-order valence-corrected chi connectivity index (χ3v) is 7.54. The summed E-state index contributed by atoms with van der Waals surface area (Å²) in [7, 11) is 0. The minimum atomic E-state index is -0.0624. The number of likely N-dealkylation sites (tertiary alicyclic amines) is 1. The van der Waals surface area contributed by atoms with Gasteiger partial charge in [0.1, 0.15) is 18.2 Å². The van der Waals surface area contributed by atoms with E-state index in [2.05, 4.69) is 32.7 Å². The van der Waals surface area contributed by atoms with Crippen molar-refractivity contribution in [1.82, 2.24) is 30.0 Å². The number of aryl methyl sites for hydroxylation is 1. The zero-order valence-corrected chi connectivity index (χ0v) is 21.5. The number of nitriles is 1. The molecule has 4 aromatic rings. The number of carbonyl (C=O) groups excluding carboxylic acids is 1. The van der Waals surface area contributed by atoms with Gasteiger partial charge < -0.3 is 20.3 Å². The number of hydrogen-bond acceptors (Lipinski definition) is 9. The molecule has 0 saturated carbocycles. The van der Waals surface area contributed by atoms with E-state index < -0.39 is 0 Å². The van der Waals surface area contributed by atoms with E-state index in [9.17, 15) is 10.1 Å². The second-order valence-electron chi connectivity index (χ2n) is 10.1. The largest absolute Gasteiger partial charge is 0.457 e. The lowest BCUT2D eigenvalue weighted by Gasteiger charge is -2.47. The Balaban J connectivity index is 1.44. The molecule has 3 aromatic heterocycles. The van der Waals surface area contributed by atoms with Gasteiger partial charge in [-0.25, -0.2) is 0 Å². The van der Waals surface area contributed by atoms with Crippen LogP contribution in [0.15, 0.2) is 49.2 Å². The Labute approximate surface area is 224 Å². The molecule has 39 heavy (non-hydrogen) atoms. The van der Waals surface area contributed by atoms with Crippen LogP contribution in [0.3, 0.4) is 0 Å². The number of anilines is 2. The molecule has 1 aromatic carbocycles. The molecule has 1 spiro atoms. The first-order valence-corrected chi connectivity index (χ1v) is 12.7. The average Bonchev–Trinajstić information content (AvgIpc) is 3.55. The molecular formula is C28H27N9O2. The van der Waals surface area contributed by atoms with Crippen molar-refractivity contribution >= 4 is 28.4 Å². The van der Waals surface area contributed by atoms with Crippen LogP contribution < -0.4 is 15.4 Å². The number of carbonyl (C=O) groups is 1. The van der Waals surface area contributed by atoms with E-state index in [-0.39, 0.29) is 23.9 Å². The van der Waals surface area contributed by atoms with Crippen molar-refractivity contribution in [3.8, 4) is 23.3 Å². The zero-order valence-electron chi connectivity index (χ0n) is 21.5. The predicted molar refractivity (Wildman–Crippen MR) is 146 cm³/mol. The highest BCUT2D eigenvalue weighted by Gasteiger charge is 2.49. The molecule has 2 aliphatic rings. The van der Waals surface area contributed by atoms with Crippen molar-refractivity contribution in [2.75, 3.05) is 36.8 Å². The lowest BCUT2D eigenvalue weighted by atomic mass is 9.79. The summed E-state index contributed by atoms with van der Waals surface area (Å²) in [5, 5.41) is 18.2. The van der Waals surface area contributed by atoms with E-state index in [0.717, 1.165) is 23.2 Å². The van der Waals surface area contributed by atoms with E-state index >= 15 is 0 Å². The van der Waals surface area contributed by atoms with Crippen molar-refractivity contribution in [2.45, 2.75) is 20.0 Å². The standard InChI is InChI=1S/C28H27N9O2/c1-3-21(38)37-15-28(16-37)9-11-36(14-28)26-19(12-29)24(22-17(2)7-8-20-23(22)25(30)35-34-20)32-27(33-26)39-13-18-6-4-5-10-31-18/h3-8,10H,1,9,11,13-16H2,2H3,(H3,30,34,35). The molecule has 2 aliphatic heterocycles. The molecule has 11 heteroatoms. The van der Waals surface area contributed by atoms with Crippen LogP contribution in [-0.2, 0) is 11.4 Å². The van der Waals surface area contributed by atoms with Crippen LogP contribution in [0.4, 0.5) is 11.6 Å². The molecule has 0 bridgehead atoms. The smallest absolute Gasteiger partial charge is 0.319 e. The number of rotatable bonds is 6. The number of nitrogens with two attached hydrogens (primary N) is 1. The SMILES string of the molecule is C=CC(=O)N1CC2(CCN(c3nc(OCc4ccccn4)nc(-c4c(C)ccc5[nH]nc(N)c45)c3C#N)C2)C1. The van der Waals surface area contributed by atoms with E-state index in [1.54, 1.807) is 11.1 Å². The summed E-state index contributed by atoms with van der Waals surface area (Å²) in [5.41, 5.74) is 10.1. The Kier molecular flexibility index (Phi) is 5.87. The highest BCUT2D eigenvalue weighted by Crippen LogP contribution is 2.44. The number of amides is 1. The summed E-state index contributed by atoms with van der Waals surface area (Å²) < 4.78 is 6.03. The number of H-pyrrole nitrogens is 1. The number of aromatic nitrogens is 5. The van der Waals surface area contributed by atoms with Gasteiger partial charge in [-0.05, 0) is 43.2 Å². The zero-order chi connectivity index (χ0) is 27.1. The van der Waals surface area contributed by atoms with Crippen molar-refractivity contribution in [3.05, 3.63) is 66.0 Å². The van der Waals surface area contributed by atoms with Crippen molar-refractivity contribution in [1.29, 1.82) is 5.26 Å². The fraction of sp³-hybridized carbons (Fsp3) is 0.286. The van der Waals surface area contributed by atoms with Gasteiger partial charge in [0.25, 0.3) is 0 Å². The number of pyridine rings is 1. The Morgan fingerprint density at radius 2 is 2.13 bits per heavy atom. The highest BCUT2D eigenvalue weighted by molar-refractivity contribution is 6.03. The molecule has 2 saturated heterocycles. The molecule has 0 unspecified atom stereocenters. The van der Waals surface area contributed by atoms with Crippen molar-refractivity contribution < 1.29 is 9.53 Å². The van der Waals surface area contributed by atoms with Crippen LogP contribution in [0.5, 0.6) is 6.01 Å². The van der Waals surface area contributed by atoms with Gasteiger partial charge in [-0.1, -0.05) is 18.7 Å². The maximum Gasteiger partial charge on any atom is 0.319 e. The van der Waals surface area contributed by atoms with Gasteiger partial charge in [0.05, 0.1) is 22.3 Å². The van der Waals surface area contributed by atoms with Crippen LogP contribution in [0, 0.1) is 23.7 Å². The monoisotopic (exact) mass is 521 g/mol. The number of nitrogens with zero attached hydrogens (tertiary/aromatic N) is 7. The minimum Gasteiger partial charge on any atom is -0.457 e. The van der Waals surface area contributed by atoms with Crippen LogP contribution in [0.2, 0.25) is 0 Å². The molecule has 5 heterocycles. The van der Waals surface area contributed by atoms with E-state index in [0.29, 0.717) is 60.0 Å². The number of aromatic amines is 1. The first kappa shape index (κ1) is 24.4. The quantitative estimate of drug-likeness (QED) is 0.365. The first-order chi connectivity index (χ1) is 18.9. The Bertz CT molecular complexity index is 1630. The number of fused-ring (bicyclic) bond motifs is 1. The maximum atomic E-state index is 12.1. The van der Waals surface area contributed by atoms with Crippen LogP contribution in [-0.4, -0.2) is 62.1 Å². The minimum absolute atomic E-state index is 0.0452. The summed E-state index contributed by atoms with van der Waals surface area (Å²) in [4.78, 5) is 29.7. The molecule has 2 fully saturated rings. The normalized spacial score (nSPS) is 15.8. The summed E-state index contributed by atoms with van der Waals surface area (Å²) in [6.07, 6.45) is 3.93. The van der Waals surface area contributed by atoms with Gasteiger partial charge in [-0.15, -0.1) is 0 Å². The van der Waals surface area contributed by atoms with Gasteiger partial charge in [-0.2, -0.15) is 20.3 Å². The van der Waals surface area contributed by atoms with Crippen LogP contribution >= 0.6 is 0 Å². The van der Waals surface area contributed by atoms with Crippen molar-refractivity contribution in [3.63, 3.8) is 0 Å². The molecule has 0 radical (unpaired) electrons. The third kappa shape index (κ3) is 4.20. The lowest BCUT2D eigenvalue weighted by molar-refractivity contribution is -0.136. The second-order valence-corrected chi connectivity index (χ2v) is 10.1. The molecule has 0 atom stereocenters. The number of nitrogens with one attached hydrogen (secondary N) is 1. The molecule has 6 rings (SSSR count). The fourth-order valence-electron chi connectivity index (χ4n) is 5.60. The van der Waals surface area contributed by atoms with Crippen molar-refractivity contribution in [2.24, 2.45) is 5.41 Å². The Morgan fingerprint density at radius 3 is 2.87 bits per heavy atom. The second kappa shape index (κ2) is 9.40. The van der Waals surface area contributed by atoms with Gasteiger partial charge in [0, 0.05) is 43.4 Å². The highest BCUT2D eigenvalue weighted by atomic mass is 16.5. The number of benzene rings is 1. The van der Waals surface area contributed by atoms with E-state index in [1.807, 2.05) is 37.3 Å². The Hall–Kier alpha value is -4.98. The molecule has 11 nitrogen and oxygen atoms in total. The van der Waals surface area contributed by atoms with Crippen LogP contribution in [0.1, 0.15) is 23.2 Å². The van der Waals surface area contributed by atoms with Gasteiger partial charge in [0.15, 0.2) is 11.6 Å². The average molecular weight is 522 g/mol. The maximum absolute atomic E-state index is 12.1. The topological polar surface area (TPSA) is 150 Å². The predicted octanol–water partition coefficient (Wildman–Crippen LogP) is 2.98. The molecule has 196 valence electrons. The van der Waals surface area contributed by atoms with Crippen LogP contribution in [0.25, 0.3) is 22.2 Å². The lowest BCUT2D eigenvalue weighted by Crippen LogP contribution is -2.59. The number of ether oxygens (including phenoxy) is 1. The van der Waals surface area contributed by atoms with E-state index in [1.165, 1.54) is 6.08 Å². The Morgan fingerprint density at radius 1 is 1.28 bits per heavy atom. The van der Waals surface area contributed by atoms with Gasteiger partial charge in [-0.3, -0.25) is 14.9 Å². The molecule has 0 aliphatic carbocycles. The first-order valence-electron chi connectivity index (χ1n) is 12.7. The fourth-order valence-corrected chi connectivity index (χ4v) is 5.60. The molecule has 1 amide bonds. The summed E-state index contributed by atoms with van der Waals surface area (Å²) >= 11 is 0. The summed E-state index contributed by atoms with van der Waals surface area (Å²) in [6, 6.07) is 11.9. The number of hydrogen-bond donors (Lipinski definition) is 2. The summed E-state index contributed by atoms with van der Waals surface area (Å²) in [6.45, 7) is 8.38. The summed E-state index contributed by atoms with van der Waals surface area (Å²) in [5.74, 6) is 0.764. The third-order valence-electron chi connectivity index (χ3n) is 7.54. The van der Waals surface area contributed by atoms with Gasteiger partial charge >= 0.3 is 6.01 Å².